The van der Waals surface area contributed by atoms with E-state index in [4.69, 9.17) is 5.73 Å². The fourth-order valence-corrected chi connectivity index (χ4v) is 3.26. The molecule has 0 bridgehead atoms. The maximum Gasteiger partial charge on any atom is 0.147 e. The van der Waals surface area contributed by atoms with Gasteiger partial charge in [-0.1, -0.05) is 30.3 Å². The Morgan fingerprint density at radius 1 is 1.32 bits per heavy atom. The van der Waals surface area contributed by atoms with E-state index in [9.17, 15) is 0 Å². The molecule has 3 rings (SSSR count). The van der Waals surface area contributed by atoms with Crippen LogP contribution >= 0.6 is 11.5 Å². The highest BCUT2D eigenvalue weighted by Gasteiger charge is 2.26. The molecule has 1 fully saturated rings. The highest BCUT2D eigenvalue weighted by molar-refractivity contribution is 7.11. The molecule has 1 aliphatic rings. The third-order valence-electron chi connectivity index (χ3n) is 3.61. The second-order valence-corrected chi connectivity index (χ2v) is 5.85. The molecule has 0 saturated heterocycles. The number of hydrogen-bond acceptors (Lipinski definition) is 4. The lowest BCUT2D eigenvalue weighted by atomic mass is 10.1. The average molecular weight is 273 g/mol. The molecule has 3 nitrogen and oxygen atoms in total. The van der Waals surface area contributed by atoms with Crippen molar-refractivity contribution in [1.29, 1.82) is 0 Å². The molecule has 0 spiro atoms. The van der Waals surface area contributed by atoms with Crippen LogP contribution in [0.4, 0.5) is 10.8 Å². The van der Waals surface area contributed by atoms with Crippen molar-refractivity contribution < 1.29 is 0 Å². The summed E-state index contributed by atoms with van der Waals surface area (Å²) in [5.41, 5.74) is 8.35. The number of anilines is 2. The molecule has 0 aliphatic heterocycles. The largest absolute Gasteiger partial charge is 0.382 e. The molecule has 0 radical (unpaired) electrons. The average Bonchev–Trinajstić information content (AvgIpc) is 3.18. The zero-order valence-corrected chi connectivity index (χ0v) is 12.0. The number of benzene rings is 1. The lowest BCUT2D eigenvalue weighted by Crippen LogP contribution is -2.24. The summed E-state index contributed by atoms with van der Waals surface area (Å²) in [6, 6.07) is 10.3. The maximum absolute atomic E-state index is 6.08. The van der Waals surface area contributed by atoms with E-state index < -0.39 is 0 Å². The van der Waals surface area contributed by atoms with Gasteiger partial charge in [-0.25, -0.2) is 0 Å². The highest BCUT2D eigenvalue weighted by atomic mass is 32.1. The Balaban J connectivity index is 1.97. The van der Waals surface area contributed by atoms with E-state index in [2.05, 4.69) is 28.3 Å². The van der Waals surface area contributed by atoms with Crippen molar-refractivity contribution in [3.05, 3.63) is 30.3 Å². The number of nitrogen functional groups attached to an aromatic ring is 1. The summed E-state index contributed by atoms with van der Waals surface area (Å²) in [7, 11) is 0. The summed E-state index contributed by atoms with van der Waals surface area (Å²) in [6.07, 6.45) is 2.73. The number of aromatic nitrogens is 1. The van der Waals surface area contributed by atoms with E-state index in [1.165, 1.54) is 29.4 Å². The minimum atomic E-state index is 0.653. The van der Waals surface area contributed by atoms with Crippen LogP contribution in [0.5, 0.6) is 0 Å². The van der Waals surface area contributed by atoms with Crippen molar-refractivity contribution in [2.45, 2.75) is 19.8 Å². The SMILES string of the molecule is CCN(CC1CC1)c1snc(N)c1-c1ccccc1. The minimum absolute atomic E-state index is 0.653. The minimum Gasteiger partial charge on any atom is -0.382 e. The van der Waals surface area contributed by atoms with Crippen LogP contribution in [-0.4, -0.2) is 17.5 Å². The fraction of sp³-hybridized carbons (Fsp3) is 0.400. The Bertz CT molecular complexity index is 546. The highest BCUT2D eigenvalue weighted by Crippen LogP contribution is 2.41. The Hall–Kier alpha value is -1.55. The van der Waals surface area contributed by atoms with Crippen LogP contribution in [0.2, 0.25) is 0 Å². The summed E-state index contributed by atoms with van der Waals surface area (Å²) in [6.45, 7) is 4.35. The van der Waals surface area contributed by atoms with Crippen LogP contribution in [0.3, 0.4) is 0 Å². The summed E-state index contributed by atoms with van der Waals surface area (Å²) in [4.78, 5) is 2.42. The smallest absolute Gasteiger partial charge is 0.147 e. The van der Waals surface area contributed by atoms with E-state index in [-0.39, 0.29) is 0 Å². The van der Waals surface area contributed by atoms with E-state index in [0.29, 0.717) is 5.82 Å². The van der Waals surface area contributed by atoms with Gasteiger partial charge in [-0.2, -0.15) is 4.37 Å². The first-order valence-corrected chi connectivity index (χ1v) is 7.62. The molecule has 0 unspecified atom stereocenters. The Kier molecular flexibility index (Phi) is 3.42. The van der Waals surface area contributed by atoms with Gasteiger partial charge in [-0.15, -0.1) is 0 Å². The monoisotopic (exact) mass is 273 g/mol. The molecule has 0 amide bonds. The third-order valence-corrected chi connectivity index (χ3v) is 4.53. The number of nitrogens with zero attached hydrogens (tertiary/aromatic N) is 2. The van der Waals surface area contributed by atoms with Crippen molar-refractivity contribution in [2.75, 3.05) is 23.7 Å². The van der Waals surface area contributed by atoms with E-state index in [1.807, 2.05) is 18.2 Å². The third kappa shape index (κ3) is 2.59. The predicted octanol–water partition coefficient (Wildman–Crippen LogP) is 3.63. The van der Waals surface area contributed by atoms with Gasteiger partial charge < -0.3 is 10.6 Å². The van der Waals surface area contributed by atoms with E-state index in [0.717, 1.165) is 30.1 Å². The molecule has 4 heteroatoms. The number of nitrogens with two attached hydrogens (primary N) is 1. The zero-order chi connectivity index (χ0) is 13.2. The van der Waals surface area contributed by atoms with E-state index >= 15 is 0 Å². The second kappa shape index (κ2) is 5.21. The van der Waals surface area contributed by atoms with Gasteiger partial charge in [0.1, 0.15) is 10.8 Å². The van der Waals surface area contributed by atoms with Gasteiger partial charge in [0, 0.05) is 13.1 Å². The fourth-order valence-electron chi connectivity index (χ4n) is 2.35. The van der Waals surface area contributed by atoms with Gasteiger partial charge in [-0.05, 0) is 42.8 Å². The van der Waals surface area contributed by atoms with E-state index in [1.54, 1.807) is 0 Å². The van der Waals surface area contributed by atoms with Crippen LogP contribution in [0.1, 0.15) is 19.8 Å². The molecule has 1 aliphatic carbocycles. The van der Waals surface area contributed by atoms with Gasteiger partial charge in [0.25, 0.3) is 0 Å². The zero-order valence-electron chi connectivity index (χ0n) is 11.2. The first-order chi connectivity index (χ1) is 9.29. The van der Waals surface area contributed by atoms with Gasteiger partial charge in [0.2, 0.25) is 0 Å². The standard InChI is InChI=1S/C15H19N3S/c1-2-18(10-11-8-9-11)15-13(14(16)17-19-15)12-6-4-3-5-7-12/h3-7,11H,2,8-10H2,1H3,(H2,16,17). The molecule has 2 N–H and O–H groups in total. The van der Waals surface area contributed by atoms with Crippen molar-refractivity contribution in [2.24, 2.45) is 5.92 Å². The molecule has 1 aromatic heterocycles. The Labute approximate surface area is 118 Å². The molecule has 1 aromatic carbocycles. The topological polar surface area (TPSA) is 42.2 Å². The molecule has 1 saturated carbocycles. The first-order valence-electron chi connectivity index (χ1n) is 6.85. The normalized spacial score (nSPS) is 14.6. The van der Waals surface area contributed by atoms with Gasteiger partial charge in [0.15, 0.2) is 0 Å². The van der Waals surface area contributed by atoms with Crippen LogP contribution in [0.25, 0.3) is 11.1 Å². The molecule has 2 aromatic rings. The molecular formula is C15H19N3S. The van der Waals surface area contributed by atoms with Gasteiger partial charge >= 0.3 is 0 Å². The second-order valence-electron chi connectivity index (χ2n) is 5.10. The van der Waals surface area contributed by atoms with Crippen LogP contribution < -0.4 is 10.6 Å². The van der Waals surface area contributed by atoms with Crippen molar-refractivity contribution in [3.63, 3.8) is 0 Å². The lowest BCUT2D eigenvalue weighted by molar-refractivity contribution is 0.748. The van der Waals surface area contributed by atoms with Crippen LogP contribution in [0, 0.1) is 5.92 Å². The van der Waals surface area contributed by atoms with Gasteiger partial charge in [0.05, 0.1) is 5.56 Å². The molecular weight excluding hydrogens is 254 g/mol. The summed E-state index contributed by atoms with van der Waals surface area (Å²) in [5, 5.41) is 1.22. The van der Waals surface area contributed by atoms with Gasteiger partial charge in [-0.3, -0.25) is 0 Å². The molecule has 1 heterocycles. The predicted molar refractivity (Wildman–Crippen MR) is 82.6 cm³/mol. The molecule has 0 atom stereocenters. The Morgan fingerprint density at radius 2 is 2.05 bits per heavy atom. The first kappa shape index (κ1) is 12.5. The number of rotatable bonds is 5. The lowest BCUT2D eigenvalue weighted by Gasteiger charge is -2.22. The van der Waals surface area contributed by atoms with Crippen molar-refractivity contribution in [3.8, 4) is 11.1 Å². The summed E-state index contributed by atoms with van der Waals surface area (Å²) in [5.74, 6) is 1.52. The summed E-state index contributed by atoms with van der Waals surface area (Å²) < 4.78 is 4.37. The van der Waals surface area contributed by atoms with Crippen molar-refractivity contribution in [1.82, 2.24) is 4.37 Å². The quantitative estimate of drug-likeness (QED) is 0.904. The Morgan fingerprint density at radius 3 is 2.68 bits per heavy atom. The molecule has 100 valence electrons. The van der Waals surface area contributed by atoms with Crippen LogP contribution in [-0.2, 0) is 0 Å². The van der Waals surface area contributed by atoms with Crippen molar-refractivity contribution >= 4 is 22.4 Å². The number of hydrogen-bond donors (Lipinski definition) is 1. The molecule has 19 heavy (non-hydrogen) atoms. The van der Waals surface area contributed by atoms with Crippen LogP contribution in [0.15, 0.2) is 30.3 Å². The summed E-state index contributed by atoms with van der Waals surface area (Å²) >= 11 is 1.52. The maximum atomic E-state index is 6.08.